The van der Waals surface area contributed by atoms with E-state index in [2.05, 4.69) is 5.32 Å². The van der Waals surface area contributed by atoms with Gasteiger partial charge >= 0.3 is 0 Å². The van der Waals surface area contributed by atoms with Crippen LogP contribution >= 0.6 is 0 Å². The minimum atomic E-state index is 0.301. The summed E-state index contributed by atoms with van der Waals surface area (Å²) in [6.07, 6.45) is 3.58. The highest BCUT2D eigenvalue weighted by Crippen LogP contribution is 2.40. The summed E-state index contributed by atoms with van der Waals surface area (Å²) in [5.41, 5.74) is 1.10. The molecule has 1 aliphatic rings. The number of hydrogen-bond acceptors (Lipinski definition) is 4. The Bertz CT molecular complexity index is 375. The van der Waals surface area contributed by atoms with E-state index in [1.54, 1.807) is 21.3 Å². The van der Waals surface area contributed by atoms with Crippen LogP contribution in [-0.2, 0) is 0 Å². The van der Waals surface area contributed by atoms with E-state index in [9.17, 15) is 0 Å². The molecule has 1 heterocycles. The lowest BCUT2D eigenvalue weighted by Crippen LogP contribution is -2.27. The highest BCUT2D eigenvalue weighted by Gasteiger charge is 2.23. The molecule has 4 nitrogen and oxygen atoms in total. The molecule has 1 saturated heterocycles. The summed E-state index contributed by atoms with van der Waals surface area (Å²) in [4.78, 5) is 0. The summed E-state index contributed by atoms with van der Waals surface area (Å²) in [6, 6.07) is 4.12. The Kier molecular flexibility index (Phi) is 4.31. The van der Waals surface area contributed by atoms with Crippen LogP contribution in [-0.4, -0.2) is 27.9 Å². The van der Waals surface area contributed by atoms with E-state index in [1.807, 2.05) is 12.1 Å². The number of methoxy groups -OCH3 is 3. The molecule has 0 aromatic heterocycles. The van der Waals surface area contributed by atoms with Gasteiger partial charge in [-0.2, -0.15) is 0 Å². The molecule has 1 aromatic rings. The smallest absolute Gasteiger partial charge is 0.131 e. The third-order valence-electron chi connectivity index (χ3n) is 3.41. The van der Waals surface area contributed by atoms with Gasteiger partial charge in [0.1, 0.15) is 17.2 Å². The van der Waals surface area contributed by atoms with E-state index in [1.165, 1.54) is 12.8 Å². The molecule has 0 amide bonds. The fourth-order valence-electron chi connectivity index (χ4n) is 2.47. The number of ether oxygens (including phenoxy) is 3. The second-order valence-electron chi connectivity index (χ2n) is 4.45. The Balaban J connectivity index is 2.41. The van der Waals surface area contributed by atoms with Crippen LogP contribution in [0.5, 0.6) is 17.2 Å². The maximum absolute atomic E-state index is 5.48. The molecule has 2 rings (SSSR count). The summed E-state index contributed by atoms with van der Waals surface area (Å²) in [5.74, 6) is 2.40. The van der Waals surface area contributed by atoms with Crippen molar-refractivity contribution in [1.29, 1.82) is 0 Å². The monoisotopic (exact) mass is 251 g/mol. The molecule has 100 valence electrons. The molecule has 1 aromatic carbocycles. The van der Waals surface area contributed by atoms with Gasteiger partial charge in [-0.05, 0) is 19.4 Å². The Labute approximate surface area is 108 Å². The normalized spacial score (nSPS) is 19.4. The quantitative estimate of drug-likeness (QED) is 0.892. The summed E-state index contributed by atoms with van der Waals surface area (Å²) in [7, 11) is 5.01. The topological polar surface area (TPSA) is 39.7 Å². The van der Waals surface area contributed by atoms with Gasteiger partial charge in [0.2, 0.25) is 0 Å². The zero-order valence-corrected chi connectivity index (χ0v) is 11.3. The number of benzene rings is 1. The van der Waals surface area contributed by atoms with Crippen molar-refractivity contribution in [2.75, 3.05) is 27.9 Å². The van der Waals surface area contributed by atoms with Crippen molar-refractivity contribution in [1.82, 2.24) is 5.32 Å². The fourth-order valence-corrected chi connectivity index (χ4v) is 2.47. The molecule has 1 N–H and O–H groups in total. The first-order valence-electron chi connectivity index (χ1n) is 6.33. The summed E-state index contributed by atoms with van der Waals surface area (Å²) in [6.45, 7) is 1.04. The lowest BCUT2D eigenvalue weighted by atomic mass is 9.95. The maximum Gasteiger partial charge on any atom is 0.131 e. The van der Waals surface area contributed by atoms with E-state index in [0.29, 0.717) is 6.04 Å². The Morgan fingerprint density at radius 3 is 2.11 bits per heavy atom. The molecule has 0 unspecified atom stereocenters. The summed E-state index contributed by atoms with van der Waals surface area (Å²) in [5, 5.41) is 3.52. The molecule has 0 saturated carbocycles. The maximum atomic E-state index is 5.48. The molecular formula is C14H21NO3. The van der Waals surface area contributed by atoms with Crippen LogP contribution in [0.15, 0.2) is 12.1 Å². The average molecular weight is 251 g/mol. The van der Waals surface area contributed by atoms with Gasteiger partial charge in [0.15, 0.2) is 0 Å². The van der Waals surface area contributed by atoms with Crippen molar-refractivity contribution >= 4 is 0 Å². The highest BCUT2D eigenvalue weighted by molar-refractivity contribution is 5.52. The van der Waals surface area contributed by atoms with Crippen molar-refractivity contribution < 1.29 is 14.2 Å². The predicted octanol–water partition coefficient (Wildman–Crippen LogP) is 2.53. The van der Waals surface area contributed by atoms with Gasteiger partial charge in [-0.15, -0.1) is 0 Å². The van der Waals surface area contributed by atoms with Crippen LogP contribution in [0, 0.1) is 0 Å². The molecule has 1 atom stereocenters. The molecular weight excluding hydrogens is 230 g/mol. The van der Waals surface area contributed by atoms with Crippen molar-refractivity contribution in [3.8, 4) is 17.2 Å². The number of nitrogens with one attached hydrogen (secondary N) is 1. The first-order valence-corrected chi connectivity index (χ1v) is 6.33. The number of hydrogen-bond donors (Lipinski definition) is 1. The third kappa shape index (κ3) is 2.53. The van der Waals surface area contributed by atoms with Gasteiger partial charge < -0.3 is 19.5 Å². The molecule has 1 aliphatic heterocycles. The van der Waals surface area contributed by atoms with Crippen molar-refractivity contribution in [2.45, 2.75) is 25.3 Å². The van der Waals surface area contributed by atoms with Crippen molar-refractivity contribution in [3.05, 3.63) is 17.7 Å². The third-order valence-corrected chi connectivity index (χ3v) is 3.41. The lowest BCUT2D eigenvalue weighted by molar-refractivity contribution is 0.340. The highest BCUT2D eigenvalue weighted by atomic mass is 16.5. The minimum absolute atomic E-state index is 0.301. The zero-order valence-electron chi connectivity index (χ0n) is 11.3. The van der Waals surface area contributed by atoms with Gasteiger partial charge in [-0.25, -0.2) is 0 Å². The Hall–Kier alpha value is -1.42. The molecule has 4 heteroatoms. The molecule has 0 bridgehead atoms. The van der Waals surface area contributed by atoms with Crippen LogP contribution in [0.25, 0.3) is 0 Å². The molecule has 0 aliphatic carbocycles. The lowest BCUT2D eigenvalue weighted by Gasteiger charge is -2.27. The molecule has 0 radical (unpaired) electrons. The van der Waals surface area contributed by atoms with E-state index in [0.717, 1.165) is 35.8 Å². The van der Waals surface area contributed by atoms with Crippen LogP contribution < -0.4 is 19.5 Å². The fraction of sp³-hybridized carbons (Fsp3) is 0.571. The molecule has 1 fully saturated rings. The van der Waals surface area contributed by atoms with E-state index in [4.69, 9.17) is 14.2 Å². The van der Waals surface area contributed by atoms with Gasteiger partial charge in [0.25, 0.3) is 0 Å². The number of rotatable bonds is 4. The van der Waals surface area contributed by atoms with Crippen LogP contribution in [0.2, 0.25) is 0 Å². The zero-order chi connectivity index (χ0) is 13.0. The predicted molar refractivity (Wildman–Crippen MR) is 70.7 cm³/mol. The van der Waals surface area contributed by atoms with E-state index in [-0.39, 0.29) is 0 Å². The Morgan fingerprint density at radius 1 is 1.00 bits per heavy atom. The summed E-state index contributed by atoms with van der Waals surface area (Å²) < 4.78 is 16.2. The first kappa shape index (κ1) is 13.0. The van der Waals surface area contributed by atoms with Crippen molar-refractivity contribution in [2.24, 2.45) is 0 Å². The number of piperidine rings is 1. The summed E-state index contributed by atoms with van der Waals surface area (Å²) >= 11 is 0. The van der Waals surface area contributed by atoms with Crippen LogP contribution in [0.3, 0.4) is 0 Å². The van der Waals surface area contributed by atoms with E-state index >= 15 is 0 Å². The second kappa shape index (κ2) is 5.96. The SMILES string of the molecule is COc1cc(OC)c([C@H]2CCCCN2)c(OC)c1. The van der Waals surface area contributed by atoms with Gasteiger partial charge in [0, 0.05) is 18.2 Å². The first-order chi connectivity index (χ1) is 8.80. The van der Waals surface area contributed by atoms with Gasteiger partial charge in [0.05, 0.1) is 26.9 Å². The van der Waals surface area contributed by atoms with E-state index < -0.39 is 0 Å². The largest absolute Gasteiger partial charge is 0.496 e. The molecule has 0 spiro atoms. The average Bonchev–Trinajstić information content (AvgIpc) is 2.46. The molecule has 18 heavy (non-hydrogen) atoms. The minimum Gasteiger partial charge on any atom is -0.496 e. The standard InChI is InChI=1S/C14H21NO3/c1-16-10-8-12(17-2)14(13(9-10)18-3)11-6-4-5-7-15-11/h8-9,11,15H,4-7H2,1-3H3/t11-/m1/s1. The van der Waals surface area contributed by atoms with Crippen LogP contribution in [0.1, 0.15) is 30.9 Å². The van der Waals surface area contributed by atoms with Crippen molar-refractivity contribution in [3.63, 3.8) is 0 Å². The second-order valence-corrected chi connectivity index (χ2v) is 4.45. The van der Waals surface area contributed by atoms with Gasteiger partial charge in [-0.1, -0.05) is 6.42 Å². The van der Waals surface area contributed by atoms with Crippen LogP contribution in [0.4, 0.5) is 0 Å². The van der Waals surface area contributed by atoms with Gasteiger partial charge in [-0.3, -0.25) is 0 Å². The Morgan fingerprint density at radius 2 is 1.67 bits per heavy atom.